The van der Waals surface area contributed by atoms with Crippen molar-refractivity contribution in [3.8, 4) is 0 Å². The molecule has 0 radical (unpaired) electrons. The lowest BCUT2D eigenvalue weighted by molar-refractivity contribution is 0.707. The summed E-state index contributed by atoms with van der Waals surface area (Å²) in [6, 6.07) is 0. The zero-order valence-corrected chi connectivity index (χ0v) is 7.91. The highest BCUT2D eigenvalue weighted by Crippen LogP contribution is 2.07. The van der Waals surface area contributed by atoms with Crippen molar-refractivity contribution in [2.75, 3.05) is 5.75 Å². The number of unbranched alkanes of at least 4 members (excludes halogenated alkanes) is 3. The molecule has 0 unspecified atom stereocenters. The molecule has 0 rings (SSSR count). The first kappa shape index (κ1) is 10.1. The Bertz CT molecular complexity index is 76.8. The normalized spacial score (nSPS) is 11.0. The molecule has 0 heterocycles. The van der Waals surface area contributed by atoms with Crippen molar-refractivity contribution in [3.63, 3.8) is 0 Å². The van der Waals surface area contributed by atoms with Gasteiger partial charge >= 0.3 is 0 Å². The predicted molar refractivity (Wildman–Crippen MR) is 51.4 cm³/mol. The molecule has 0 saturated carbocycles. The van der Waals surface area contributed by atoms with E-state index in [-0.39, 0.29) is 0 Å². The third-order valence-corrected chi connectivity index (χ3v) is 2.34. The van der Waals surface area contributed by atoms with Gasteiger partial charge in [0.25, 0.3) is 0 Å². The minimum atomic E-state index is 1.30. The van der Waals surface area contributed by atoms with Gasteiger partial charge in [0.1, 0.15) is 0 Å². The van der Waals surface area contributed by atoms with E-state index in [2.05, 4.69) is 25.3 Å². The van der Waals surface area contributed by atoms with Gasteiger partial charge in [0.05, 0.1) is 0 Å². The minimum Gasteiger partial charge on any atom is -0.134 e. The van der Waals surface area contributed by atoms with Gasteiger partial charge in [-0.05, 0) is 24.5 Å². The molecule has 0 nitrogen and oxygen atoms in total. The van der Waals surface area contributed by atoms with E-state index in [0.717, 1.165) is 0 Å². The Morgan fingerprint density at radius 3 is 2.60 bits per heavy atom. The summed E-state index contributed by atoms with van der Waals surface area (Å²) in [6.07, 6.45) is 7.62. The first-order valence-electron chi connectivity index (χ1n) is 4.14. The lowest BCUT2D eigenvalue weighted by atomic mass is 10.2. The second kappa shape index (κ2) is 9.09. The van der Waals surface area contributed by atoms with Gasteiger partial charge in [-0.15, -0.1) is 11.8 Å². The average molecular weight is 158 g/mol. The van der Waals surface area contributed by atoms with Crippen molar-refractivity contribution in [1.29, 1.82) is 0 Å². The third-order valence-electron chi connectivity index (χ3n) is 1.35. The van der Waals surface area contributed by atoms with Crippen LogP contribution in [0, 0.1) is 0 Å². The van der Waals surface area contributed by atoms with E-state index in [4.69, 9.17) is 0 Å². The standard InChI is InChI=1S/C9H18S/c1-3-5-6-7-9-10-8-4-2/h4,8H,3,5-7,9H2,1-2H3/b8-4+. The highest BCUT2D eigenvalue weighted by molar-refractivity contribution is 8.02. The molecule has 0 aliphatic carbocycles. The highest BCUT2D eigenvalue weighted by Gasteiger charge is 1.85. The van der Waals surface area contributed by atoms with Crippen molar-refractivity contribution < 1.29 is 0 Å². The maximum absolute atomic E-state index is 2.25. The summed E-state index contributed by atoms with van der Waals surface area (Å²) in [7, 11) is 0. The van der Waals surface area contributed by atoms with Crippen LogP contribution in [0.3, 0.4) is 0 Å². The number of thioether (sulfide) groups is 1. The summed E-state index contributed by atoms with van der Waals surface area (Å²) in [4.78, 5) is 0. The van der Waals surface area contributed by atoms with E-state index >= 15 is 0 Å². The molecule has 10 heavy (non-hydrogen) atoms. The van der Waals surface area contributed by atoms with Crippen LogP contribution in [0.15, 0.2) is 11.5 Å². The van der Waals surface area contributed by atoms with Crippen LogP contribution in [0.5, 0.6) is 0 Å². The SMILES string of the molecule is C/C=C/SCCCCCC. The third kappa shape index (κ3) is 8.09. The quantitative estimate of drug-likeness (QED) is 0.529. The second-order valence-corrected chi connectivity index (χ2v) is 3.41. The summed E-state index contributed by atoms with van der Waals surface area (Å²) < 4.78 is 0. The van der Waals surface area contributed by atoms with Crippen molar-refractivity contribution in [2.24, 2.45) is 0 Å². The van der Waals surface area contributed by atoms with E-state index < -0.39 is 0 Å². The first-order valence-corrected chi connectivity index (χ1v) is 5.19. The van der Waals surface area contributed by atoms with Crippen LogP contribution in [-0.2, 0) is 0 Å². The molecule has 0 fully saturated rings. The molecular weight excluding hydrogens is 140 g/mol. The molecule has 0 amide bonds. The molecule has 0 saturated heterocycles. The Balaban J connectivity index is 2.77. The Hall–Kier alpha value is 0.0900. The van der Waals surface area contributed by atoms with Crippen LogP contribution in [-0.4, -0.2) is 5.75 Å². The molecule has 0 spiro atoms. The summed E-state index contributed by atoms with van der Waals surface area (Å²) in [5.74, 6) is 1.30. The van der Waals surface area contributed by atoms with Gasteiger partial charge in [0, 0.05) is 0 Å². The molecule has 0 aromatic carbocycles. The van der Waals surface area contributed by atoms with Crippen LogP contribution >= 0.6 is 11.8 Å². The zero-order valence-electron chi connectivity index (χ0n) is 7.10. The lowest BCUT2D eigenvalue weighted by Gasteiger charge is -1.94. The average Bonchev–Trinajstić information content (AvgIpc) is 1.97. The van der Waals surface area contributed by atoms with Gasteiger partial charge in [-0.3, -0.25) is 0 Å². The lowest BCUT2D eigenvalue weighted by Crippen LogP contribution is -1.77. The van der Waals surface area contributed by atoms with Crippen molar-refractivity contribution in [1.82, 2.24) is 0 Å². The van der Waals surface area contributed by atoms with Crippen LogP contribution < -0.4 is 0 Å². The molecular formula is C9H18S. The van der Waals surface area contributed by atoms with Gasteiger partial charge in [0.2, 0.25) is 0 Å². The van der Waals surface area contributed by atoms with Crippen molar-refractivity contribution >= 4 is 11.8 Å². The summed E-state index contributed by atoms with van der Waals surface area (Å²) in [6.45, 7) is 4.32. The maximum atomic E-state index is 2.25. The molecule has 0 bridgehead atoms. The van der Waals surface area contributed by atoms with Gasteiger partial charge in [-0.25, -0.2) is 0 Å². The smallest absolute Gasteiger partial charge is 0.00261 e. The van der Waals surface area contributed by atoms with Gasteiger partial charge in [0.15, 0.2) is 0 Å². The van der Waals surface area contributed by atoms with E-state index in [1.165, 1.54) is 31.4 Å². The topological polar surface area (TPSA) is 0 Å². The summed E-state index contributed by atoms with van der Waals surface area (Å²) in [5, 5.41) is 2.17. The fourth-order valence-electron chi connectivity index (χ4n) is 0.776. The van der Waals surface area contributed by atoms with Gasteiger partial charge in [-0.1, -0.05) is 32.3 Å². The zero-order chi connectivity index (χ0) is 7.66. The Labute approximate surface area is 69.1 Å². The number of hydrogen-bond donors (Lipinski definition) is 0. The van der Waals surface area contributed by atoms with Gasteiger partial charge < -0.3 is 0 Å². The van der Waals surface area contributed by atoms with E-state index in [1.54, 1.807) is 0 Å². The summed E-state index contributed by atoms with van der Waals surface area (Å²) >= 11 is 1.92. The molecule has 0 aromatic rings. The monoisotopic (exact) mass is 158 g/mol. The Morgan fingerprint density at radius 1 is 1.20 bits per heavy atom. The van der Waals surface area contributed by atoms with Crippen LogP contribution in [0.1, 0.15) is 39.5 Å². The number of rotatable bonds is 6. The number of allylic oxidation sites excluding steroid dienone is 1. The summed E-state index contributed by atoms with van der Waals surface area (Å²) in [5.41, 5.74) is 0. The minimum absolute atomic E-state index is 1.30. The predicted octanol–water partition coefficient (Wildman–Crippen LogP) is 3.83. The molecule has 60 valence electrons. The van der Waals surface area contributed by atoms with Crippen molar-refractivity contribution in [3.05, 3.63) is 11.5 Å². The van der Waals surface area contributed by atoms with Crippen LogP contribution in [0.4, 0.5) is 0 Å². The largest absolute Gasteiger partial charge is 0.134 e. The van der Waals surface area contributed by atoms with Crippen LogP contribution in [0.2, 0.25) is 0 Å². The highest BCUT2D eigenvalue weighted by atomic mass is 32.2. The molecule has 0 aromatic heterocycles. The second-order valence-electron chi connectivity index (χ2n) is 2.40. The molecule has 1 heteroatoms. The molecule has 0 N–H and O–H groups in total. The van der Waals surface area contributed by atoms with E-state index in [1.807, 2.05) is 11.8 Å². The van der Waals surface area contributed by atoms with E-state index in [0.29, 0.717) is 0 Å². The van der Waals surface area contributed by atoms with Gasteiger partial charge in [-0.2, -0.15) is 0 Å². The Kier molecular flexibility index (Phi) is 9.17. The maximum Gasteiger partial charge on any atom is -0.00261 e. The number of hydrogen-bond acceptors (Lipinski definition) is 1. The first-order chi connectivity index (χ1) is 4.91. The van der Waals surface area contributed by atoms with E-state index in [9.17, 15) is 0 Å². The Morgan fingerprint density at radius 2 is 2.00 bits per heavy atom. The van der Waals surface area contributed by atoms with Crippen LogP contribution in [0.25, 0.3) is 0 Å². The fraction of sp³-hybridized carbons (Fsp3) is 0.778. The fourth-order valence-corrected chi connectivity index (χ4v) is 1.48. The molecule has 0 aliphatic heterocycles. The molecule has 0 atom stereocenters. The van der Waals surface area contributed by atoms with Crippen molar-refractivity contribution in [2.45, 2.75) is 39.5 Å². The molecule has 0 aliphatic rings.